The number of benzene rings is 2. The fourth-order valence-electron chi connectivity index (χ4n) is 1.84. The summed E-state index contributed by atoms with van der Waals surface area (Å²) >= 11 is 6.12. The van der Waals surface area contributed by atoms with Crippen LogP contribution in [-0.2, 0) is 4.79 Å². The van der Waals surface area contributed by atoms with Crippen molar-refractivity contribution in [2.45, 2.75) is 0 Å². The van der Waals surface area contributed by atoms with Gasteiger partial charge in [-0.1, -0.05) is 11.6 Å². The Morgan fingerprint density at radius 2 is 1.83 bits per heavy atom. The molecule has 0 unspecified atom stereocenters. The minimum atomic E-state index is -0.323. The first-order valence-corrected chi connectivity index (χ1v) is 7.16. The molecule has 0 saturated heterocycles. The molecule has 0 spiro atoms. The molecule has 0 radical (unpaired) electrons. The van der Waals surface area contributed by atoms with Crippen molar-refractivity contribution in [3.8, 4) is 5.75 Å². The second-order valence-electron chi connectivity index (χ2n) is 4.63. The van der Waals surface area contributed by atoms with Gasteiger partial charge in [-0.25, -0.2) is 0 Å². The molecule has 0 aliphatic carbocycles. The molecular weight excluding hydrogens is 318 g/mol. The summed E-state index contributed by atoms with van der Waals surface area (Å²) < 4.78 is 5.04. The smallest absolute Gasteiger partial charge is 0.255 e. The number of methoxy groups -OCH3 is 1. The van der Waals surface area contributed by atoms with Gasteiger partial charge in [-0.3, -0.25) is 9.59 Å². The van der Waals surface area contributed by atoms with Crippen LogP contribution in [0.4, 0.5) is 11.4 Å². The molecule has 23 heavy (non-hydrogen) atoms. The minimum absolute atomic E-state index is 0.117. The van der Waals surface area contributed by atoms with E-state index >= 15 is 0 Å². The van der Waals surface area contributed by atoms with E-state index in [1.807, 2.05) is 0 Å². The van der Waals surface area contributed by atoms with Gasteiger partial charge in [0.2, 0.25) is 5.91 Å². The van der Waals surface area contributed by atoms with Gasteiger partial charge in [0.1, 0.15) is 5.75 Å². The first-order valence-electron chi connectivity index (χ1n) is 6.78. The number of nitrogens with one attached hydrogen (secondary N) is 2. The van der Waals surface area contributed by atoms with Gasteiger partial charge >= 0.3 is 0 Å². The second-order valence-corrected chi connectivity index (χ2v) is 5.04. The van der Waals surface area contributed by atoms with Gasteiger partial charge in [-0.2, -0.15) is 0 Å². The molecule has 0 fully saturated rings. The van der Waals surface area contributed by atoms with Crippen LogP contribution in [0.1, 0.15) is 10.4 Å². The number of ether oxygens (including phenoxy) is 1. The lowest BCUT2D eigenvalue weighted by atomic mass is 10.2. The van der Waals surface area contributed by atoms with Crippen molar-refractivity contribution in [3.05, 3.63) is 53.1 Å². The standard InChI is InChI=1S/C16H16ClN3O3/c1-23-12-5-2-10(3-6-12)16(22)20-14-7-4-11(8-13(14)17)19-15(21)9-18/h2-8H,9,18H2,1H3,(H,19,21)(H,20,22). The molecule has 6 nitrogen and oxygen atoms in total. The van der Waals surface area contributed by atoms with Crippen LogP contribution in [0, 0.1) is 0 Å². The normalized spacial score (nSPS) is 10.0. The van der Waals surface area contributed by atoms with Gasteiger partial charge in [-0.05, 0) is 42.5 Å². The van der Waals surface area contributed by atoms with Crippen LogP contribution in [-0.4, -0.2) is 25.5 Å². The van der Waals surface area contributed by atoms with E-state index in [0.29, 0.717) is 27.7 Å². The van der Waals surface area contributed by atoms with Crippen LogP contribution in [0.3, 0.4) is 0 Å². The lowest BCUT2D eigenvalue weighted by Crippen LogP contribution is -2.21. The molecule has 0 aliphatic heterocycles. The van der Waals surface area contributed by atoms with E-state index < -0.39 is 0 Å². The molecule has 0 saturated carbocycles. The molecule has 2 aromatic carbocycles. The monoisotopic (exact) mass is 333 g/mol. The Labute approximate surface area is 138 Å². The third-order valence-electron chi connectivity index (χ3n) is 3.04. The summed E-state index contributed by atoms with van der Waals surface area (Å²) in [5.74, 6) is 0.0453. The summed E-state index contributed by atoms with van der Waals surface area (Å²) in [6, 6.07) is 11.5. The van der Waals surface area contributed by atoms with Crippen molar-refractivity contribution < 1.29 is 14.3 Å². The number of carbonyl (C=O) groups is 2. The largest absolute Gasteiger partial charge is 0.497 e. The van der Waals surface area contributed by atoms with E-state index in [1.165, 1.54) is 0 Å². The lowest BCUT2D eigenvalue weighted by molar-refractivity contribution is -0.114. The van der Waals surface area contributed by atoms with Crippen LogP contribution >= 0.6 is 11.6 Å². The van der Waals surface area contributed by atoms with Crippen LogP contribution in [0.2, 0.25) is 5.02 Å². The van der Waals surface area contributed by atoms with E-state index in [4.69, 9.17) is 22.1 Å². The number of anilines is 2. The molecule has 4 N–H and O–H groups in total. The molecule has 0 heterocycles. The predicted octanol–water partition coefficient (Wildman–Crippen LogP) is 2.50. The SMILES string of the molecule is COc1ccc(C(=O)Nc2ccc(NC(=O)CN)cc2Cl)cc1. The van der Waals surface area contributed by atoms with Gasteiger partial charge in [0.15, 0.2) is 0 Å². The maximum absolute atomic E-state index is 12.2. The van der Waals surface area contributed by atoms with Gasteiger partial charge in [0.05, 0.1) is 24.4 Å². The van der Waals surface area contributed by atoms with Crippen molar-refractivity contribution in [2.75, 3.05) is 24.3 Å². The van der Waals surface area contributed by atoms with Crippen molar-refractivity contribution in [3.63, 3.8) is 0 Å². The Bertz CT molecular complexity index is 717. The summed E-state index contributed by atoms with van der Waals surface area (Å²) in [5, 5.41) is 5.60. The van der Waals surface area contributed by atoms with Crippen LogP contribution < -0.4 is 21.1 Å². The first kappa shape index (κ1) is 16.8. The van der Waals surface area contributed by atoms with Crippen molar-refractivity contribution in [2.24, 2.45) is 5.73 Å². The zero-order chi connectivity index (χ0) is 16.8. The van der Waals surface area contributed by atoms with E-state index in [9.17, 15) is 9.59 Å². The lowest BCUT2D eigenvalue weighted by Gasteiger charge is -2.10. The van der Waals surface area contributed by atoms with Crippen molar-refractivity contribution >= 4 is 34.8 Å². The van der Waals surface area contributed by atoms with E-state index in [2.05, 4.69) is 10.6 Å². The quantitative estimate of drug-likeness (QED) is 0.783. The number of carbonyl (C=O) groups excluding carboxylic acids is 2. The summed E-state index contributed by atoms with van der Waals surface area (Å²) in [7, 11) is 1.56. The highest BCUT2D eigenvalue weighted by Gasteiger charge is 2.10. The Morgan fingerprint density at radius 3 is 2.39 bits per heavy atom. The Morgan fingerprint density at radius 1 is 1.13 bits per heavy atom. The van der Waals surface area contributed by atoms with Gasteiger partial charge in [-0.15, -0.1) is 0 Å². The average molecular weight is 334 g/mol. The Hall–Kier alpha value is -2.57. The maximum atomic E-state index is 12.2. The predicted molar refractivity (Wildman–Crippen MR) is 90.1 cm³/mol. The molecule has 2 rings (SSSR count). The first-order chi connectivity index (χ1) is 11.0. The van der Waals surface area contributed by atoms with Gasteiger partial charge in [0, 0.05) is 11.3 Å². The highest BCUT2D eigenvalue weighted by molar-refractivity contribution is 6.34. The van der Waals surface area contributed by atoms with Crippen LogP contribution in [0.25, 0.3) is 0 Å². The third-order valence-corrected chi connectivity index (χ3v) is 3.35. The average Bonchev–Trinajstić information content (AvgIpc) is 2.57. The Kier molecular flexibility index (Phi) is 5.56. The van der Waals surface area contributed by atoms with Crippen molar-refractivity contribution in [1.82, 2.24) is 0 Å². The molecule has 2 aromatic rings. The number of amides is 2. The minimum Gasteiger partial charge on any atom is -0.497 e. The fraction of sp³-hybridized carbons (Fsp3) is 0.125. The number of hydrogen-bond acceptors (Lipinski definition) is 4. The van der Waals surface area contributed by atoms with Crippen molar-refractivity contribution in [1.29, 1.82) is 0 Å². The molecule has 0 aromatic heterocycles. The fourth-order valence-corrected chi connectivity index (χ4v) is 2.07. The maximum Gasteiger partial charge on any atom is 0.255 e. The highest BCUT2D eigenvalue weighted by atomic mass is 35.5. The second kappa shape index (κ2) is 7.62. The van der Waals surface area contributed by atoms with Crippen LogP contribution in [0.5, 0.6) is 5.75 Å². The van der Waals surface area contributed by atoms with Crippen LogP contribution in [0.15, 0.2) is 42.5 Å². The highest BCUT2D eigenvalue weighted by Crippen LogP contribution is 2.26. The van der Waals surface area contributed by atoms with E-state index in [0.717, 1.165) is 0 Å². The zero-order valence-corrected chi connectivity index (χ0v) is 13.2. The summed E-state index contributed by atoms with van der Waals surface area (Å²) in [5.41, 5.74) is 6.65. The molecule has 0 bridgehead atoms. The number of halogens is 1. The molecule has 7 heteroatoms. The number of rotatable bonds is 5. The van der Waals surface area contributed by atoms with Gasteiger partial charge < -0.3 is 21.1 Å². The molecule has 0 atom stereocenters. The van der Waals surface area contributed by atoms with E-state index in [-0.39, 0.29) is 18.4 Å². The summed E-state index contributed by atoms with van der Waals surface area (Å²) in [4.78, 5) is 23.4. The molecule has 120 valence electrons. The zero-order valence-electron chi connectivity index (χ0n) is 12.4. The summed E-state index contributed by atoms with van der Waals surface area (Å²) in [6.45, 7) is -0.117. The third kappa shape index (κ3) is 4.45. The number of hydrogen-bond donors (Lipinski definition) is 3. The molecule has 0 aliphatic rings. The van der Waals surface area contributed by atoms with E-state index in [1.54, 1.807) is 49.6 Å². The Balaban J connectivity index is 2.09. The molecular formula is C16H16ClN3O3. The molecule has 2 amide bonds. The van der Waals surface area contributed by atoms with Gasteiger partial charge in [0.25, 0.3) is 5.91 Å². The topological polar surface area (TPSA) is 93.5 Å². The number of nitrogens with two attached hydrogens (primary N) is 1. The summed E-state index contributed by atoms with van der Waals surface area (Å²) in [6.07, 6.45) is 0.